The molecule has 15 heavy (non-hydrogen) atoms. The molecule has 1 aromatic rings. The molecule has 1 saturated carbocycles. The molecule has 0 atom stereocenters. The molecule has 0 spiro atoms. The number of hydrogen-bond acceptors (Lipinski definition) is 3. The molecule has 2 rings (SSSR count). The highest BCUT2D eigenvalue weighted by Gasteiger charge is 2.19. The molecule has 1 aliphatic carbocycles. The normalized spacial score (nSPS) is 17.7. The Morgan fingerprint density at radius 1 is 1.33 bits per heavy atom. The van der Waals surface area contributed by atoms with Crippen LogP contribution >= 0.6 is 0 Å². The predicted molar refractivity (Wildman–Crippen MR) is 63.9 cm³/mol. The summed E-state index contributed by atoms with van der Waals surface area (Å²) >= 11 is 0. The third-order valence-corrected chi connectivity index (χ3v) is 3.33. The number of rotatable bonds is 2. The van der Waals surface area contributed by atoms with Gasteiger partial charge in [0.2, 0.25) is 0 Å². The molecular weight excluding hydrogens is 186 g/mol. The van der Waals surface area contributed by atoms with Crippen LogP contribution < -0.4 is 10.6 Å². The van der Waals surface area contributed by atoms with Gasteiger partial charge in [0.05, 0.1) is 17.6 Å². The average Bonchev–Trinajstić information content (AvgIpc) is 2.30. The summed E-state index contributed by atoms with van der Waals surface area (Å²) in [5, 5.41) is 0. The van der Waals surface area contributed by atoms with Gasteiger partial charge >= 0.3 is 0 Å². The second kappa shape index (κ2) is 4.51. The number of nitrogen functional groups attached to an aromatic ring is 1. The Morgan fingerprint density at radius 2 is 2.07 bits per heavy atom. The zero-order valence-electron chi connectivity index (χ0n) is 9.32. The molecule has 0 bridgehead atoms. The maximum absolute atomic E-state index is 5.92. The molecule has 1 aromatic heterocycles. The Labute approximate surface area is 91.3 Å². The third-order valence-electron chi connectivity index (χ3n) is 3.33. The van der Waals surface area contributed by atoms with Crippen molar-refractivity contribution in [1.82, 2.24) is 4.98 Å². The molecule has 1 heterocycles. The van der Waals surface area contributed by atoms with Crippen molar-refractivity contribution in [1.29, 1.82) is 0 Å². The first-order valence-electron chi connectivity index (χ1n) is 5.71. The first-order chi connectivity index (χ1) is 7.29. The van der Waals surface area contributed by atoms with Crippen molar-refractivity contribution in [3.8, 4) is 0 Å². The van der Waals surface area contributed by atoms with Crippen LogP contribution in [0.15, 0.2) is 18.5 Å². The predicted octanol–water partition coefficient (Wildman–Crippen LogP) is 2.43. The van der Waals surface area contributed by atoms with Gasteiger partial charge in [-0.2, -0.15) is 0 Å². The van der Waals surface area contributed by atoms with E-state index in [2.05, 4.69) is 16.9 Å². The van der Waals surface area contributed by atoms with Crippen molar-refractivity contribution in [3.63, 3.8) is 0 Å². The van der Waals surface area contributed by atoms with E-state index in [1.807, 2.05) is 12.3 Å². The van der Waals surface area contributed by atoms with E-state index in [0.29, 0.717) is 6.04 Å². The second-order valence-corrected chi connectivity index (χ2v) is 4.34. The Bertz CT molecular complexity index is 318. The second-order valence-electron chi connectivity index (χ2n) is 4.34. The van der Waals surface area contributed by atoms with E-state index >= 15 is 0 Å². The molecule has 3 nitrogen and oxygen atoms in total. The summed E-state index contributed by atoms with van der Waals surface area (Å²) in [5.74, 6) is 0. The number of aromatic nitrogens is 1. The van der Waals surface area contributed by atoms with Gasteiger partial charge in [-0.1, -0.05) is 19.3 Å². The lowest BCUT2D eigenvalue weighted by Gasteiger charge is -2.33. The molecule has 0 saturated heterocycles. The van der Waals surface area contributed by atoms with Crippen LogP contribution in [-0.2, 0) is 0 Å². The molecule has 1 fully saturated rings. The van der Waals surface area contributed by atoms with E-state index in [0.717, 1.165) is 11.4 Å². The van der Waals surface area contributed by atoms with Gasteiger partial charge in [0.1, 0.15) is 0 Å². The van der Waals surface area contributed by atoms with Crippen LogP contribution in [0.2, 0.25) is 0 Å². The summed E-state index contributed by atoms with van der Waals surface area (Å²) in [5.41, 5.74) is 7.83. The van der Waals surface area contributed by atoms with Crippen LogP contribution in [0, 0.1) is 0 Å². The molecular formula is C12H19N3. The highest BCUT2D eigenvalue weighted by Crippen LogP contribution is 2.28. The maximum atomic E-state index is 5.92. The van der Waals surface area contributed by atoms with Gasteiger partial charge in [-0.15, -0.1) is 0 Å². The van der Waals surface area contributed by atoms with E-state index in [1.54, 1.807) is 6.20 Å². The van der Waals surface area contributed by atoms with Gasteiger partial charge < -0.3 is 10.6 Å². The third kappa shape index (κ3) is 2.22. The van der Waals surface area contributed by atoms with E-state index in [9.17, 15) is 0 Å². The summed E-state index contributed by atoms with van der Waals surface area (Å²) in [6, 6.07) is 2.66. The molecule has 0 aromatic carbocycles. The van der Waals surface area contributed by atoms with Crippen LogP contribution in [-0.4, -0.2) is 18.1 Å². The van der Waals surface area contributed by atoms with E-state index in [1.165, 1.54) is 32.1 Å². The molecule has 0 radical (unpaired) electrons. The van der Waals surface area contributed by atoms with E-state index in [-0.39, 0.29) is 0 Å². The maximum Gasteiger partial charge on any atom is 0.0738 e. The lowest BCUT2D eigenvalue weighted by Crippen LogP contribution is -2.33. The fourth-order valence-corrected chi connectivity index (χ4v) is 2.39. The highest BCUT2D eigenvalue weighted by molar-refractivity contribution is 5.66. The highest BCUT2D eigenvalue weighted by atomic mass is 15.1. The summed E-state index contributed by atoms with van der Waals surface area (Å²) in [6.07, 6.45) is 10.2. The fourth-order valence-electron chi connectivity index (χ4n) is 2.39. The first-order valence-corrected chi connectivity index (χ1v) is 5.71. The molecule has 82 valence electrons. The minimum atomic E-state index is 0.656. The number of pyridine rings is 1. The minimum Gasteiger partial charge on any atom is -0.396 e. The summed E-state index contributed by atoms with van der Waals surface area (Å²) in [4.78, 5) is 6.34. The van der Waals surface area contributed by atoms with Gasteiger partial charge in [-0.25, -0.2) is 0 Å². The molecule has 0 unspecified atom stereocenters. The van der Waals surface area contributed by atoms with Crippen molar-refractivity contribution in [2.75, 3.05) is 17.7 Å². The lowest BCUT2D eigenvalue weighted by atomic mass is 9.94. The average molecular weight is 205 g/mol. The standard InChI is InChI=1S/C12H19N3/c1-15(10-5-3-2-4-6-10)12-7-8-14-9-11(12)13/h7-10H,2-6,13H2,1H3. The summed E-state index contributed by atoms with van der Waals surface area (Å²) < 4.78 is 0. The number of nitrogens with two attached hydrogens (primary N) is 1. The Morgan fingerprint density at radius 3 is 2.73 bits per heavy atom. The largest absolute Gasteiger partial charge is 0.396 e. The minimum absolute atomic E-state index is 0.656. The van der Waals surface area contributed by atoms with Gasteiger partial charge in [-0.3, -0.25) is 4.98 Å². The van der Waals surface area contributed by atoms with Crippen LogP contribution in [0.5, 0.6) is 0 Å². The monoisotopic (exact) mass is 205 g/mol. The summed E-state index contributed by atoms with van der Waals surface area (Å²) in [7, 11) is 2.14. The van der Waals surface area contributed by atoms with Gasteiger partial charge in [0.25, 0.3) is 0 Å². The fraction of sp³-hybridized carbons (Fsp3) is 0.583. The zero-order valence-corrected chi connectivity index (χ0v) is 9.32. The molecule has 3 heteroatoms. The molecule has 0 aliphatic heterocycles. The van der Waals surface area contributed by atoms with E-state index < -0.39 is 0 Å². The van der Waals surface area contributed by atoms with Crippen molar-refractivity contribution in [2.24, 2.45) is 0 Å². The van der Waals surface area contributed by atoms with Crippen LogP contribution in [0.3, 0.4) is 0 Å². The Balaban J connectivity index is 2.12. The Kier molecular flexibility index (Phi) is 3.09. The van der Waals surface area contributed by atoms with E-state index in [4.69, 9.17) is 5.73 Å². The quantitative estimate of drug-likeness (QED) is 0.806. The molecule has 1 aliphatic rings. The smallest absolute Gasteiger partial charge is 0.0738 e. The molecule has 2 N–H and O–H groups in total. The van der Waals surface area contributed by atoms with Crippen molar-refractivity contribution in [3.05, 3.63) is 18.5 Å². The van der Waals surface area contributed by atoms with Crippen molar-refractivity contribution < 1.29 is 0 Å². The first kappa shape index (κ1) is 10.3. The topological polar surface area (TPSA) is 42.2 Å². The number of anilines is 2. The zero-order chi connectivity index (χ0) is 10.7. The van der Waals surface area contributed by atoms with Gasteiger partial charge in [0, 0.05) is 19.3 Å². The van der Waals surface area contributed by atoms with Gasteiger partial charge in [0.15, 0.2) is 0 Å². The summed E-state index contributed by atoms with van der Waals surface area (Å²) in [6.45, 7) is 0. The number of hydrogen-bond donors (Lipinski definition) is 1. The van der Waals surface area contributed by atoms with Crippen LogP contribution in [0.4, 0.5) is 11.4 Å². The number of nitrogens with zero attached hydrogens (tertiary/aromatic N) is 2. The lowest BCUT2D eigenvalue weighted by molar-refractivity contribution is 0.428. The van der Waals surface area contributed by atoms with Crippen molar-refractivity contribution >= 4 is 11.4 Å². The van der Waals surface area contributed by atoms with Crippen molar-refractivity contribution in [2.45, 2.75) is 38.1 Å². The SMILES string of the molecule is CN(c1ccncc1N)C1CCCCC1. The van der Waals surface area contributed by atoms with Gasteiger partial charge in [-0.05, 0) is 18.9 Å². The molecule has 0 amide bonds. The van der Waals surface area contributed by atoms with Crippen LogP contribution in [0.25, 0.3) is 0 Å². The Hall–Kier alpha value is -1.25. The van der Waals surface area contributed by atoms with Crippen LogP contribution in [0.1, 0.15) is 32.1 Å².